The second kappa shape index (κ2) is 5.10. The zero-order chi connectivity index (χ0) is 12.3. The van der Waals surface area contributed by atoms with E-state index in [-0.39, 0.29) is 5.41 Å². The molecule has 1 aliphatic rings. The van der Waals surface area contributed by atoms with Gasteiger partial charge in [-0.3, -0.25) is 0 Å². The van der Waals surface area contributed by atoms with Gasteiger partial charge in [0.1, 0.15) is 11.6 Å². The van der Waals surface area contributed by atoms with Gasteiger partial charge < -0.3 is 10.1 Å². The van der Waals surface area contributed by atoms with Gasteiger partial charge >= 0.3 is 0 Å². The third-order valence-electron chi connectivity index (χ3n) is 3.34. The maximum Gasteiger partial charge on any atom is 0.130 e. The summed E-state index contributed by atoms with van der Waals surface area (Å²) in [7, 11) is 1.89. The minimum absolute atomic E-state index is 0.255. The first kappa shape index (κ1) is 12.5. The molecule has 17 heavy (non-hydrogen) atoms. The molecule has 1 aromatic rings. The third-order valence-corrected chi connectivity index (χ3v) is 3.34. The Hall–Kier alpha value is -1.00. The van der Waals surface area contributed by atoms with Gasteiger partial charge in [-0.15, -0.1) is 0 Å². The molecule has 94 valence electrons. The lowest BCUT2D eigenvalue weighted by Gasteiger charge is -2.42. The van der Waals surface area contributed by atoms with Gasteiger partial charge in [0, 0.05) is 11.5 Å². The van der Waals surface area contributed by atoms with Gasteiger partial charge in [0.05, 0.1) is 13.2 Å². The standard InChI is InChI=1S/C13H17F2NO/c1-16-6-2-5-13(8-17-9-13)11-4-3-10(14)7-12(11)15/h3-4,7,16H,2,5-6,8-9H2,1H3. The molecule has 0 saturated carbocycles. The summed E-state index contributed by atoms with van der Waals surface area (Å²) in [5.74, 6) is -0.991. The lowest BCUT2D eigenvalue weighted by molar-refractivity contribution is -0.0666. The highest BCUT2D eigenvalue weighted by molar-refractivity contribution is 5.30. The van der Waals surface area contributed by atoms with Crippen LogP contribution in [0.2, 0.25) is 0 Å². The summed E-state index contributed by atoms with van der Waals surface area (Å²) in [6, 6.07) is 3.82. The first-order valence-corrected chi connectivity index (χ1v) is 5.86. The molecule has 2 nitrogen and oxygen atoms in total. The predicted octanol–water partition coefficient (Wildman–Crippen LogP) is 2.23. The van der Waals surface area contributed by atoms with Gasteiger partial charge in [-0.2, -0.15) is 0 Å². The summed E-state index contributed by atoms with van der Waals surface area (Å²) >= 11 is 0. The number of benzene rings is 1. The minimum atomic E-state index is -0.531. The Morgan fingerprint density at radius 3 is 2.65 bits per heavy atom. The topological polar surface area (TPSA) is 21.3 Å². The van der Waals surface area contributed by atoms with Crippen molar-refractivity contribution in [3.63, 3.8) is 0 Å². The molecule has 1 N–H and O–H groups in total. The summed E-state index contributed by atoms with van der Waals surface area (Å²) < 4.78 is 31.9. The van der Waals surface area contributed by atoms with Gasteiger partial charge in [0.25, 0.3) is 0 Å². The smallest absolute Gasteiger partial charge is 0.130 e. The summed E-state index contributed by atoms with van der Waals surface area (Å²) in [6.45, 7) is 1.95. The molecule has 4 heteroatoms. The number of ether oxygens (including phenoxy) is 1. The van der Waals surface area contributed by atoms with Crippen LogP contribution in [-0.2, 0) is 10.2 Å². The fourth-order valence-electron chi connectivity index (χ4n) is 2.31. The van der Waals surface area contributed by atoms with Crippen LogP contribution in [0.1, 0.15) is 18.4 Å². The number of nitrogens with one attached hydrogen (secondary N) is 1. The Kier molecular flexibility index (Phi) is 3.74. The minimum Gasteiger partial charge on any atom is -0.379 e. The number of rotatable bonds is 5. The molecule has 0 amide bonds. The molecule has 1 fully saturated rings. The van der Waals surface area contributed by atoms with E-state index in [1.807, 2.05) is 7.05 Å². The van der Waals surface area contributed by atoms with Crippen LogP contribution in [0.25, 0.3) is 0 Å². The molecule has 0 atom stereocenters. The van der Waals surface area contributed by atoms with Crippen molar-refractivity contribution in [2.75, 3.05) is 26.8 Å². The molecule has 0 spiro atoms. The molecular weight excluding hydrogens is 224 g/mol. The summed E-state index contributed by atoms with van der Waals surface area (Å²) in [5.41, 5.74) is 0.329. The van der Waals surface area contributed by atoms with Crippen LogP contribution in [0.4, 0.5) is 8.78 Å². The van der Waals surface area contributed by atoms with Crippen molar-refractivity contribution in [3.05, 3.63) is 35.4 Å². The normalized spacial score (nSPS) is 17.8. The van der Waals surface area contributed by atoms with Crippen molar-refractivity contribution in [2.24, 2.45) is 0 Å². The van der Waals surface area contributed by atoms with Gasteiger partial charge in [0.2, 0.25) is 0 Å². The van der Waals surface area contributed by atoms with E-state index in [2.05, 4.69) is 5.32 Å². The zero-order valence-corrected chi connectivity index (χ0v) is 9.93. The average molecular weight is 241 g/mol. The van der Waals surface area contributed by atoms with Gasteiger partial charge in [-0.1, -0.05) is 6.07 Å². The monoisotopic (exact) mass is 241 g/mol. The van der Waals surface area contributed by atoms with Crippen LogP contribution in [0.5, 0.6) is 0 Å². The molecule has 1 heterocycles. The van der Waals surface area contributed by atoms with Gasteiger partial charge in [-0.05, 0) is 38.1 Å². The van der Waals surface area contributed by atoms with E-state index in [4.69, 9.17) is 4.74 Å². The van der Waals surface area contributed by atoms with Crippen molar-refractivity contribution in [2.45, 2.75) is 18.3 Å². The first-order chi connectivity index (χ1) is 8.18. The first-order valence-electron chi connectivity index (χ1n) is 5.86. The Labute approximate surface area is 100.0 Å². The van der Waals surface area contributed by atoms with E-state index in [0.29, 0.717) is 18.8 Å². The van der Waals surface area contributed by atoms with Crippen LogP contribution in [-0.4, -0.2) is 26.8 Å². The van der Waals surface area contributed by atoms with E-state index < -0.39 is 11.6 Å². The maximum absolute atomic E-state index is 13.8. The van der Waals surface area contributed by atoms with Crippen molar-refractivity contribution < 1.29 is 13.5 Å². The highest BCUT2D eigenvalue weighted by Crippen LogP contribution is 2.38. The number of hydrogen-bond acceptors (Lipinski definition) is 2. The molecule has 0 radical (unpaired) electrons. The highest BCUT2D eigenvalue weighted by atomic mass is 19.1. The molecule has 1 aliphatic heterocycles. The van der Waals surface area contributed by atoms with Crippen LogP contribution in [0.3, 0.4) is 0 Å². The molecule has 0 unspecified atom stereocenters. The Morgan fingerprint density at radius 1 is 1.35 bits per heavy atom. The number of halogens is 2. The molecule has 1 aromatic carbocycles. The average Bonchev–Trinajstić information content (AvgIpc) is 2.23. The summed E-state index contributed by atoms with van der Waals surface area (Å²) in [6.07, 6.45) is 1.81. The second-order valence-corrected chi connectivity index (χ2v) is 4.60. The second-order valence-electron chi connectivity index (χ2n) is 4.60. The molecule has 1 saturated heterocycles. The van der Waals surface area contributed by atoms with Crippen LogP contribution in [0, 0.1) is 11.6 Å². The fraction of sp³-hybridized carbons (Fsp3) is 0.538. The molecular formula is C13H17F2NO. The van der Waals surface area contributed by atoms with Gasteiger partial charge in [-0.25, -0.2) is 8.78 Å². The van der Waals surface area contributed by atoms with Crippen molar-refractivity contribution >= 4 is 0 Å². The molecule has 2 rings (SSSR count). The predicted molar refractivity (Wildman–Crippen MR) is 62.0 cm³/mol. The SMILES string of the molecule is CNCCCC1(c2ccc(F)cc2F)COC1. The molecule has 0 aromatic heterocycles. The van der Waals surface area contributed by atoms with E-state index in [1.165, 1.54) is 6.07 Å². The molecule has 0 aliphatic carbocycles. The van der Waals surface area contributed by atoms with Crippen molar-refractivity contribution in [3.8, 4) is 0 Å². The Balaban J connectivity index is 2.16. The zero-order valence-electron chi connectivity index (χ0n) is 9.93. The highest BCUT2D eigenvalue weighted by Gasteiger charge is 2.41. The quantitative estimate of drug-likeness (QED) is 0.798. The summed E-state index contributed by atoms with van der Waals surface area (Å²) in [5, 5.41) is 3.07. The van der Waals surface area contributed by atoms with E-state index >= 15 is 0 Å². The van der Waals surface area contributed by atoms with Crippen LogP contribution < -0.4 is 5.32 Å². The van der Waals surface area contributed by atoms with Crippen LogP contribution >= 0.6 is 0 Å². The van der Waals surface area contributed by atoms with Gasteiger partial charge in [0.15, 0.2) is 0 Å². The largest absolute Gasteiger partial charge is 0.379 e. The fourth-order valence-corrected chi connectivity index (χ4v) is 2.31. The lowest BCUT2D eigenvalue weighted by atomic mass is 9.74. The van der Waals surface area contributed by atoms with Crippen molar-refractivity contribution in [1.29, 1.82) is 0 Å². The number of hydrogen-bond donors (Lipinski definition) is 1. The molecule has 0 bridgehead atoms. The maximum atomic E-state index is 13.8. The van der Waals surface area contributed by atoms with E-state index in [1.54, 1.807) is 6.07 Å². The lowest BCUT2D eigenvalue weighted by Crippen LogP contribution is -2.47. The Bertz CT molecular complexity index is 391. The van der Waals surface area contributed by atoms with Crippen molar-refractivity contribution in [1.82, 2.24) is 5.32 Å². The van der Waals surface area contributed by atoms with E-state index in [0.717, 1.165) is 25.5 Å². The van der Waals surface area contributed by atoms with Crippen LogP contribution in [0.15, 0.2) is 18.2 Å². The van der Waals surface area contributed by atoms with E-state index in [9.17, 15) is 8.78 Å². The third kappa shape index (κ3) is 2.48. The Morgan fingerprint density at radius 2 is 2.12 bits per heavy atom. The summed E-state index contributed by atoms with van der Waals surface area (Å²) in [4.78, 5) is 0.